The predicted molar refractivity (Wildman–Crippen MR) is 78.6 cm³/mol. The van der Waals surface area contributed by atoms with Gasteiger partial charge in [-0.15, -0.1) is 11.3 Å². The lowest BCUT2D eigenvalue weighted by atomic mass is 10.2. The van der Waals surface area contributed by atoms with Crippen LogP contribution in [0.4, 0.5) is 0 Å². The van der Waals surface area contributed by atoms with Gasteiger partial charge in [0.2, 0.25) is 0 Å². The van der Waals surface area contributed by atoms with Crippen LogP contribution in [0.15, 0.2) is 5.38 Å². The summed E-state index contributed by atoms with van der Waals surface area (Å²) in [5, 5.41) is 2.26. The number of thiazole rings is 1. The molecule has 1 aliphatic rings. The zero-order valence-electron chi connectivity index (χ0n) is 11.9. The molecule has 1 aromatic heterocycles. The fourth-order valence-electron chi connectivity index (χ4n) is 2.22. The van der Waals surface area contributed by atoms with E-state index in [2.05, 4.69) is 4.98 Å². The maximum atomic E-state index is 12.3. The van der Waals surface area contributed by atoms with E-state index >= 15 is 0 Å². The molecule has 0 spiro atoms. The van der Waals surface area contributed by atoms with Gasteiger partial charge in [-0.25, -0.2) is 13.4 Å². The molecule has 2 unspecified atom stereocenters. The van der Waals surface area contributed by atoms with Crippen LogP contribution in [-0.2, 0) is 25.1 Å². The topological polar surface area (TPSA) is 65.5 Å². The Labute approximate surface area is 124 Å². The largest absolute Gasteiger partial charge is 0.380 e. The van der Waals surface area contributed by atoms with Crippen LogP contribution in [0.1, 0.15) is 43.5 Å². The van der Waals surface area contributed by atoms with E-state index in [1.807, 2.05) is 19.2 Å². The number of ether oxygens (including phenoxy) is 2. The lowest BCUT2D eigenvalue weighted by Gasteiger charge is -2.21. The molecule has 0 N–H and O–H groups in total. The Morgan fingerprint density at radius 3 is 3.05 bits per heavy atom. The second-order valence-electron chi connectivity index (χ2n) is 4.92. The number of sulfone groups is 1. The highest BCUT2D eigenvalue weighted by atomic mass is 32.2. The monoisotopic (exact) mass is 319 g/mol. The number of nitrogens with zero attached hydrogens (tertiary/aromatic N) is 1. The highest BCUT2D eigenvalue weighted by molar-refractivity contribution is 7.91. The molecule has 5 nitrogen and oxygen atoms in total. The van der Waals surface area contributed by atoms with Crippen LogP contribution >= 0.6 is 11.3 Å². The molecular formula is C13H21NO4S2. The van der Waals surface area contributed by atoms with Crippen molar-refractivity contribution in [2.75, 3.05) is 19.8 Å². The van der Waals surface area contributed by atoms with E-state index in [1.54, 1.807) is 0 Å². The minimum atomic E-state index is -3.18. The average Bonchev–Trinajstić information content (AvgIpc) is 2.88. The van der Waals surface area contributed by atoms with Gasteiger partial charge in [-0.2, -0.15) is 0 Å². The van der Waals surface area contributed by atoms with Gasteiger partial charge >= 0.3 is 0 Å². The molecule has 0 aliphatic carbocycles. The smallest absolute Gasteiger partial charge is 0.161 e. The molecule has 1 aromatic rings. The lowest BCUT2D eigenvalue weighted by molar-refractivity contribution is 0.0761. The molecule has 7 heteroatoms. The van der Waals surface area contributed by atoms with Crippen molar-refractivity contribution in [1.29, 1.82) is 0 Å². The molecule has 2 heterocycles. The fraction of sp³-hybridized carbons (Fsp3) is 0.769. The van der Waals surface area contributed by atoms with Crippen LogP contribution in [0.2, 0.25) is 0 Å². The second kappa shape index (κ2) is 6.98. The van der Waals surface area contributed by atoms with E-state index in [0.717, 1.165) is 11.4 Å². The van der Waals surface area contributed by atoms with Crippen LogP contribution < -0.4 is 0 Å². The highest BCUT2D eigenvalue weighted by Crippen LogP contribution is 2.24. The second-order valence-corrected chi connectivity index (χ2v) is 8.09. The lowest BCUT2D eigenvalue weighted by Crippen LogP contribution is -2.31. The van der Waals surface area contributed by atoms with Crippen molar-refractivity contribution in [1.82, 2.24) is 4.98 Å². The first-order chi connectivity index (χ1) is 9.53. The Bertz CT molecular complexity index is 520. The summed E-state index contributed by atoms with van der Waals surface area (Å²) in [6.07, 6.45) is 1.42. The van der Waals surface area contributed by atoms with E-state index < -0.39 is 9.84 Å². The maximum Gasteiger partial charge on any atom is 0.161 e. The Hall–Kier alpha value is -0.500. The number of aromatic nitrogens is 1. The number of rotatable bonds is 6. The quantitative estimate of drug-likeness (QED) is 0.805. The first-order valence-electron chi connectivity index (χ1n) is 6.88. The summed E-state index contributed by atoms with van der Waals surface area (Å²) in [5.74, 6) is -0.00360. The molecule has 0 aromatic carbocycles. The molecule has 2 rings (SSSR count). The molecular weight excluding hydrogens is 298 g/mol. The van der Waals surface area contributed by atoms with Gasteiger partial charge in [0.15, 0.2) is 9.84 Å². The van der Waals surface area contributed by atoms with Crippen LogP contribution in [0.3, 0.4) is 0 Å². The highest BCUT2D eigenvalue weighted by Gasteiger charge is 2.29. The van der Waals surface area contributed by atoms with E-state index in [9.17, 15) is 8.42 Å². The third-order valence-electron chi connectivity index (χ3n) is 3.31. The summed E-state index contributed by atoms with van der Waals surface area (Å²) in [7, 11) is -3.18. The van der Waals surface area contributed by atoms with Gasteiger partial charge < -0.3 is 9.47 Å². The molecule has 0 amide bonds. The number of hydrogen-bond acceptors (Lipinski definition) is 6. The molecule has 1 saturated heterocycles. The Balaban J connectivity index is 2.02. The zero-order valence-corrected chi connectivity index (χ0v) is 13.5. The van der Waals surface area contributed by atoms with Crippen LogP contribution in [-0.4, -0.2) is 38.5 Å². The van der Waals surface area contributed by atoms with Crippen molar-refractivity contribution >= 4 is 21.2 Å². The molecule has 1 fully saturated rings. The van der Waals surface area contributed by atoms with Gasteiger partial charge in [0.1, 0.15) is 11.1 Å². The van der Waals surface area contributed by atoms with Crippen LogP contribution in [0.25, 0.3) is 0 Å². The molecule has 0 radical (unpaired) electrons. The summed E-state index contributed by atoms with van der Waals surface area (Å²) in [6, 6.07) is 0. The SMILES string of the molecule is CCOC(C)c1nc(CS(=O)(=O)C2CCCOC2)cs1. The molecule has 0 saturated carbocycles. The molecule has 114 valence electrons. The molecule has 20 heavy (non-hydrogen) atoms. The first-order valence-corrected chi connectivity index (χ1v) is 9.47. The van der Waals surface area contributed by atoms with Gasteiger partial charge in [-0.05, 0) is 26.7 Å². The summed E-state index contributed by atoms with van der Waals surface area (Å²) in [5.41, 5.74) is 0.613. The third kappa shape index (κ3) is 4.00. The van der Waals surface area contributed by atoms with E-state index in [0.29, 0.717) is 31.9 Å². The van der Waals surface area contributed by atoms with Crippen molar-refractivity contribution < 1.29 is 17.9 Å². The first kappa shape index (κ1) is 15.9. The van der Waals surface area contributed by atoms with Crippen molar-refractivity contribution in [2.24, 2.45) is 0 Å². The average molecular weight is 319 g/mol. The minimum Gasteiger partial charge on any atom is -0.380 e. The van der Waals surface area contributed by atoms with Gasteiger partial charge in [0.05, 0.1) is 23.3 Å². The zero-order chi connectivity index (χ0) is 14.6. The van der Waals surface area contributed by atoms with Gasteiger partial charge in [-0.3, -0.25) is 0 Å². The van der Waals surface area contributed by atoms with Crippen molar-refractivity contribution in [3.8, 4) is 0 Å². The van der Waals surface area contributed by atoms with Crippen LogP contribution in [0, 0.1) is 0 Å². The van der Waals surface area contributed by atoms with Gasteiger partial charge in [0.25, 0.3) is 0 Å². The third-order valence-corrected chi connectivity index (χ3v) is 6.45. The number of hydrogen-bond donors (Lipinski definition) is 0. The molecule has 0 bridgehead atoms. The normalized spacial score (nSPS) is 21.8. The Morgan fingerprint density at radius 1 is 1.60 bits per heavy atom. The van der Waals surface area contributed by atoms with Gasteiger partial charge in [0, 0.05) is 18.6 Å². The molecule has 1 aliphatic heterocycles. The maximum absolute atomic E-state index is 12.3. The van der Waals surface area contributed by atoms with E-state index in [4.69, 9.17) is 9.47 Å². The van der Waals surface area contributed by atoms with Crippen LogP contribution in [0.5, 0.6) is 0 Å². The van der Waals surface area contributed by atoms with Gasteiger partial charge in [-0.1, -0.05) is 0 Å². The summed E-state index contributed by atoms with van der Waals surface area (Å²) in [4.78, 5) is 4.38. The van der Waals surface area contributed by atoms with Crippen molar-refractivity contribution in [2.45, 2.75) is 43.8 Å². The Kier molecular flexibility index (Phi) is 5.54. The van der Waals surface area contributed by atoms with E-state index in [-0.39, 0.29) is 17.1 Å². The minimum absolute atomic E-state index is 0.00360. The standard InChI is InChI=1S/C13H21NO4S2/c1-3-18-10(2)13-14-11(8-19-13)9-20(15,16)12-5-4-6-17-7-12/h8,10,12H,3-7,9H2,1-2H3. The van der Waals surface area contributed by atoms with Crippen molar-refractivity contribution in [3.63, 3.8) is 0 Å². The van der Waals surface area contributed by atoms with E-state index in [1.165, 1.54) is 11.3 Å². The molecule has 2 atom stereocenters. The Morgan fingerprint density at radius 2 is 2.40 bits per heavy atom. The summed E-state index contributed by atoms with van der Waals surface area (Å²) < 4.78 is 35.4. The van der Waals surface area contributed by atoms with Crippen molar-refractivity contribution in [3.05, 3.63) is 16.1 Å². The summed E-state index contributed by atoms with van der Waals surface area (Å²) >= 11 is 1.45. The fourth-order valence-corrected chi connectivity index (χ4v) is 4.77. The summed E-state index contributed by atoms with van der Waals surface area (Å²) in [6.45, 7) is 5.45. The predicted octanol–water partition coefficient (Wildman–Crippen LogP) is 2.33.